The van der Waals surface area contributed by atoms with Crippen molar-refractivity contribution in [2.24, 2.45) is 0 Å². The Labute approximate surface area is 97.7 Å². The average molecular weight is 223 g/mol. The second kappa shape index (κ2) is 7.63. The Morgan fingerprint density at radius 1 is 1.20 bits per heavy atom. The van der Waals surface area contributed by atoms with Crippen molar-refractivity contribution in [3.8, 4) is 0 Å². The van der Waals surface area contributed by atoms with Crippen LogP contribution in [0.25, 0.3) is 0 Å². The van der Waals surface area contributed by atoms with Gasteiger partial charge in [-0.1, -0.05) is 25.5 Å². The molecule has 0 radical (unpaired) electrons. The van der Waals surface area contributed by atoms with Gasteiger partial charge >= 0.3 is 0 Å². The molecule has 0 aliphatic rings. The first-order valence-electron chi connectivity index (χ1n) is 5.68. The number of unbranched alkanes of at least 4 members (excludes halogenated alkanes) is 1. The van der Waals surface area contributed by atoms with E-state index < -0.39 is 0 Å². The quantitative estimate of drug-likeness (QED) is 0.706. The summed E-state index contributed by atoms with van der Waals surface area (Å²) in [6, 6.07) is 8.84. The molecule has 0 amide bonds. The van der Waals surface area contributed by atoms with Gasteiger partial charge < -0.3 is 5.32 Å². The predicted molar refractivity (Wildman–Crippen MR) is 71.9 cm³/mol. The lowest BCUT2D eigenvalue weighted by Crippen LogP contribution is -2.03. The molecule has 1 N–H and O–H groups in total. The van der Waals surface area contributed by atoms with E-state index in [0.29, 0.717) is 0 Å². The van der Waals surface area contributed by atoms with Gasteiger partial charge in [-0.15, -0.1) is 0 Å². The molecule has 0 saturated carbocycles. The minimum atomic E-state index is 1.05. The number of anilines is 1. The van der Waals surface area contributed by atoms with Crippen molar-refractivity contribution >= 4 is 17.4 Å². The third-order valence-electron chi connectivity index (χ3n) is 2.41. The van der Waals surface area contributed by atoms with Crippen LogP contribution in [0.3, 0.4) is 0 Å². The van der Waals surface area contributed by atoms with Gasteiger partial charge in [0.15, 0.2) is 0 Å². The minimum Gasteiger partial charge on any atom is -0.384 e. The molecule has 1 aromatic rings. The molecule has 0 heterocycles. The molecular weight excluding hydrogens is 202 g/mol. The van der Waals surface area contributed by atoms with Crippen LogP contribution in [0.5, 0.6) is 0 Å². The number of thioether (sulfide) groups is 1. The third-order valence-corrected chi connectivity index (χ3v) is 3.02. The fourth-order valence-corrected chi connectivity index (χ4v) is 1.77. The molecule has 0 aliphatic heterocycles. The van der Waals surface area contributed by atoms with E-state index >= 15 is 0 Å². The SMILES string of the molecule is CCCCc1ccc(NCCSC)cc1. The molecule has 84 valence electrons. The summed E-state index contributed by atoms with van der Waals surface area (Å²) in [7, 11) is 0. The van der Waals surface area contributed by atoms with Gasteiger partial charge in [-0.05, 0) is 36.8 Å². The Morgan fingerprint density at radius 3 is 2.53 bits per heavy atom. The molecule has 0 bridgehead atoms. The summed E-state index contributed by atoms with van der Waals surface area (Å²) < 4.78 is 0. The highest BCUT2D eigenvalue weighted by atomic mass is 32.2. The Balaban J connectivity index is 2.35. The van der Waals surface area contributed by atoms with Gasteiger partial charge in [0.25, 0.3) is 0 Å². The molecule has 1 nitrogen and oxygen atoms in total. The van der Waals surface area contributed by atoms with Gasteiger partial charge in [0.1, 0.15) is 0 Å². The van der Waals surface area contributed by atoms with E-state index in [9.17, 15) is 0 Å². The molecule has 0 spiro atoms. The van der Waals surface area contributed by atoms with E-state index in [0.717, 1.165) is 12.3 Å². The van der Waals surface area contributed by atoms with Crippen LogP contribution in [0, 0.1) is 0 Å². The molecule has 0 aliphatic carbocycles. The Morgan fingerprint density at radius 2 is 1.93 bits per heavy atom. The molecule has 0 aromatic heterocycles. The summed E-state index contributed by atoms with van der Waals surface area (Å²) in [4.78, 5) is 0. The summed E-state index contributed by atoms with van der Waals surface area (Å²) in [6.07, 6.45) is 5.91. The smallest absolute Gasteiger partial charge is 0.0340 e. The van der Waals surface area contributed by atoms with Crippen LogP contribution < -0.4 is 5.32 Å². The topological polar surface area (TPSA) is 12.0 Å². The fourth-order valence-electron chi connectivity index (χ4n) is 1.47. The van der Waals surface area contributed by atoms with Crippen LogP contribution in [0.2, 0.25) is 0 Å². The van der Waals surface area contributed by atoms with Gasteiger partial charge in [0.2, 0.25) is 0 Å². The van der Waals surface area contributed by atoms with Crippen molar-refractivity contribution in [2.75, 3.05) is 23.9 Å². The van der Waals surface area contributed by atoms with E-state index in [2.05, 4.69) is 42.8 Å². The molecule has 0 atom stereocenters. The van der Waals surface area contributed by atoms with E-state index in [1.54, 1.807) is 0 Å². The van der Waals surface area contributed by atoms with Crippen molar-refractivity contribution < 1.29 is 0 Å². The molecule has 1 rings (SSSR count). The zero-order valence-electron chi connectivity index (χ0n) is 9.75. The number of hydrogen-bond donors (Lipinski definition) is 1. The van der Waals surface area contributed by atoms with Crippen molar-refractivity contribution in [1.29, 1.82) is 0 Å². The highest BCUT2D eigenvalue weighted by molar-refractivity contribution is 7.98. The normalized spacial score (nSPS) is 10.3. The number of rotatable bonds is 7. The van der Waals surface area contributed by atoms with Crippen molar-refractivity contribution in [3.63, 3.8) is 0 Å². The molecular formula is C13H21NS. The summed E-state index contributed by atoms with van der Waals surface area (Å²) in [5, 5.41) is 3.41. The first kappa shape index (κ1) is 12.4. The molecule has 1 aromatic carbocycles. The van der Waals surface area contributed by atoms with Gasteiger partial charge in [-0.2, -0.15) is 11.8 Å². The van der Waals surface area contributed by atoms with Crippen LogP contribution >= 0.6 is 11.8 Å². The van der Waals surface area contributed by atoms with Crippen molar-refractivity contribution in [1.82, 2.24) is 0 Å². The first-order valence-corrected chi connectivity index (χ1v) is 7.08. The largest absolute Gasteiger partial charge is 0.384 e. The summed E-state index contributed by atoms with van der Waals surface area (Å²) >= 11 is 1.87. The second-order valence-electron chi connectivity index (χ2n) is 3.72. The Bertz CT molecular complexity index is 256. The summed E-state index contributed by atoms with van der Waals surface area (Å²) in [5.41, 5.74) is 2.69. The Kier molecular flexibility index (Phi) is 6.33. The zero-order valence-corrected chi connectivity index (χ0v) is 10.6. The number of aryl methyl sites for hydroxylation is 1. The van der Waals surface area contributed by atoms with Gasteiger partial charge in [-0.25, -0.2) is 0 Å². The fraction of sp³-hybridized carbons (Fsp3) is 0.538. The molecule has 2 heteroatoms. The summed E-state index contributed by atoms with van der Waals surface area (Å²) in [6.45, 7) is 3.29. The maximum Gasteiger partial charge on any atom is 0.0340 e. The Hall–Kier alpha value is -0.630. The minimum absolute atomic E-state index is 1.05. The zero-order chi connectivity index (χ0) is 10.9. The predicted octanol–water partition coefficient (Wildman–Crippen LogP) is 3.80. The van der Waals surface area contributed by atoms with E-state index in [4.69, 9.17) is 0 Å². The van der Waals surface area contributed by atoms with Crippen molar-refractivity contribution in [3.05, 3.63) is 29.8 Å². The molecule has 15 heavy (non-hydrogen) atoms. The van der Waals surface area contributed by atoms with Crippen LogP contribution in [0.4, 0.5) is 5.69 Å². The lowest BCUT2D eigenvalue weighted by molar-refractivity contribution is 0.795. The molecule has 0 fully saturated rings. The van der Waals surface area contributed by atoms with E-state index in [1.807, 2.05) is 11.8 Å². The van der Waals surface area contributed by atoms with Gasteiger partial charge in [0.05, 0.1) is 0 Å². The number of hydrogen-bond acceptors (Lipinski definition) is 2. The van der Waals surface area contributed by atoms with Crippen LogP contribution in [0.1, 0.15) is 25.3 Å². The third kappa shape index (κ3) is 5.12. The van der Waals surface area contributed by atoms with Crippen LogP contribution in [-0.4, -0.2) is 18.6 Å². The van der Waals surface area contributed by atoms with Gasteiger partial charge in [-0.3, -0.25) is 0 Å². The second-order valence-corrected chi connectivity index (χ2v) is 4.71. The lowest BCUT2D eigenvalue weighted by Gasteiger charge is -2.06. The number of nitrogens with one attached hydrogen (secondary N) is 1. The maximum atomic E-state index is 3.41. The number of benzene rings is 1. The molecule has 0 saturated heterocycles. The average Bonchev–Trinajstić information content (AvgIpc) is 2.28. The standard InChI is InChI=1S/C13H21NS/c1-3-4-5-12-6-8-13(9-7-12)14-10-11-15-2/h6-9,14H,3-5,10-11H2,1-2H3. The highest BCUT2D eigenvalue weighted by Crippen LogP contribution is 2.11. The van der Waals surface area contributed by atoms with Crippen LogP contribution in [0.15, 0.2) is 24.3 Å². The van der Waals surface area contributed by atoms with Gasteiger partial charge in [0, 0.05) is 18.0 Å². The first-order chi connectivity index (χ1) is 7.36. The van der Waals surface area contributed by atoms with Crippen molar-refractivity contribution in [2.45, 2.75) is 26.2 Å². The lowest BCUT2D eigenvalue weighted by atomic mass is 10.1. The highest BCUT2D eigenvalue weighted by Gasteiger charge is 1.93. The maximum absolute atomic E-state index is 3.41. The van der Waals surface area contributed by atoms with Crippen LogP contribution in [-0.2, 0) is 6.42 Å². The monoisotopic (exact) mass is 223 g/mol. The molecule has 0 unspecified atom stereocenters. The summed E-state index contributed by atoms with van der Waals surface area (Å²) in [5.74, 6) is 1.16. The van der Waals surface area contributed by atoms with E-state index in [1.165, 1.54) is 30.5 Å². The van der Waals surface area contributed by atoms with E-state index in [-0.39, 0.29) is 0 Å².